The first-order valence-corrected chi connectivity index (χ1v) is 14.2. The number of rotatable bonds is 16. The van der Waals surface area contributed by atoms with E-state index in [1.807, 2.05) is 24.3 Å². The molecule has 3 rings (SSSR count). The maximum absolute atomic E-state index is 14.7. The highest BCUT2D eigenvalue weighted by Crippen LogP contribution is 2.29. The second kappa shape index (κ2) is 16.1. The van der Waals surface area contributed by atoms with Crippen LogP contribution in [0.5, 0.6) is 0 Å². The number of pyridine rings is 1. The van der Waals surface area contributed by atoms with E-state index in [1.54, 1.807) is 12.3 Å². The molecule has 0 amide bonds. The minimum Gasteiger partial charge on any atom is -0.348 e. The maximum Gasteiger partial charge on any atom is 0.185 e. The number of hydrogen-bond acceptors (Lipinski definition) is 3. The number of halogens is 1. The summed E-state index contributed by atoms with van der Waals surface area (Å²) in [4.78, 5) is 4.58. The number of aryl methyl sites for hydroxylation is 1. The lowest BCUT2D eigenvalue weighted by Crippen LogP contribution is -2.27. The molecular weight excluding hydrogens is 437 g/mol. The third-order valence-corrected chi connectivity index (χ3v) is 7.14. The number of ether oxygens (including phenoxy) is 2. The summed E-state index contributed by atoms with van der Waals surface area (Å²) in [5.74, 6) is 0.361. The van der Waals surface area contributed by atoms with Crippen LogP contribution in [0, 0.1) is 11.7 Å². The summed E-state index contributed by atoms with van der Waals surface area (Å²) in [5, 5.41) is 0. The summed E-state index contributed by atoms with van der Waals surface area (Å²) in [5.41, 5.74) is 3.31. The van der Waals surface area contributed by atoms with Crippen LogP contribution in [0.25, 0.3) is 11.3 Å². The Morgan fingerprint density at radius 3 is 2.09 bits per heavy atom. The molecule has 1 fully saturated rings. The van der Waals surface area contributed by atoms with Gasteiger partial charge in [0.25, 0.3) is 0 Å². The summed E-state index contributed by atoms with van der Waals surface area (Å²) in [7, 11) is 0. The second-order valence-corrected chi connectivity index (χ2v) is 10.2. The van der Waals surface area contributed by atoms with E-state index >= 15 is 0 Å². The molecule has 1 saturated heterocycles. The van der Waals surface area contributed by atoms with Crippen LogP contribution in [0.3, 0.4) is 0 Å². The zero-order valence-corrected chi connectivity index (χ0v) is 22.1. The fraction of sp³-hybridized carbons (Fsp3) is 0.645. The lowest BCUT2D eigenvalue weighted by atomic mass is 10.0. The molecule has 194 valence electrons. The van der Waals surface area contributed by atoms with Gasteiger partial charge in [-0.3, -0.25) is 4.98 Å². The Bertz CT molecular complexity index is 830. The molecule has 0 radical (unpaired) electrons. The molecular formula is C31H46FNO2. The predicted octanol–water partition coefficient (Wildman–Crippen LogP) is 9.20. The van der Waals surface area contributed by atoms with Crippen molar-refractivity contribution >= 4 is 0 Å². The molecule has 2 aromatic rings. The maximum atomic E-state index is 14.7. The van der Waals surface area contributed by atoms with Gasteiger partial charge in [-0.2, -0.15) is 0 Å². The molecule has 0 unspecified atom stereocenters. The fourth-order valence-electron chi connectivity index (χ4n) is 4.84. The van der Waals surface area contributed by atoms with Crippen molar-refractivity contribution in [3.63, 3.8) is 0 Å². The normalized spacial score (nSPS) is 18.1. The second-order valence-electron chi connectivity index (χ2n) is 10.2. The van der Waals surface area contributed by atoms with Gasteiger partial charge in [0.15, 0.2) is 6.29 Å². The van der Waals surface area contributed by atoms with E-state index in [0.717, 1.165) is 48.4 Å². The molecule has 0 spiro atoms. The van der Waals surface area contributed by atoms with Gasteiger partial charge in [0, 0.05) is 23.2 Å². The summed E-state index contributed by atoms with van der Waals surface area (Å²) in [6.07, 6.45) is 18.7. The fourth-order valence-corrected chi connectivity index (χ4v) is 4.84. The molecule has 2 heterocycles. The van der Waals surface area contributed by atoms with E-state index in [4.69, 9.17) is 9.47 Å². The zero-order valence-electron chi connectivity index (χ0n) is 22.1. The largest absolute Gasteiger partial charge is 0.348 e. The number of aromatic nitrogens is 1. The van der Waals surface area contributed by atoms with Crippen molar-refractivity contribution in [2.75, 3.05) is 13.2 Å². The van der Waals surface area contributed by atoms with E-state index in [1.165, 1.54) is 77.0 Å². The van der Waals surface area contributed by atoms with Gasteiger partial charge in [-0.05, 0) is 37.0 Å². The SMILES string of the molecule is CCCCCCCCc1ccc(-c2ccc([C@H]3OC[C@H](CCCCCCCC)CO3)cn2)cc1F. The van der Waals surface area contributed by atoms with Crippen LogP contribution in [-0.2, 0) is 15.9 Å². The summed E-state index contributed by atoms with van der Waals surface area (Å²) in [6, 6.07) is 9.45. The average molecular weight is 484 g/mol. The Hall–Kier alpha value is -1.78. The van der Waals surface area contributed by atoms with Gasteiger partial charge in [-0.25, -0.2) is 4.39 Å². The molecule has 0 aliphatic carbocycles. The molecule has 0 saturated carbocycles. The summed E-state index contributed by atoms with van der Waals surface area (Å²) >= 11 is 0. The van der Waals surface area contributed by atoms with Gasteiger partial charge in [-0.15, -0.1) is 0 Å². The van der Waals surface area contributed by atoms with Gasteiger partial charge < -0.3 is 9.47 Å². The predicted molar refractivity (Wildman–Crippen MR) is 143 cm³/mol. The first-order chi connectivity index (χ1) is 17.2. The monoisotopic (exact) mass is 483 g/mol. The van der Waals surface area contributed by atoms with Crippen molar-refractivity contribution in [3.05, 3.63) is 53.5 Å². The molecule has 3 nitrogen and oxygen atoms in total. The van der Waals surface area contributed by atoms with E-state index in [9.17, 15) is 4.39 Å². The van der Waals surface area contributed by atoms with Crippen LogP contribution in [0.1, 0.15) is 115 Å². The smallest absolute Gasteiger partial charge is 0.185 e. The van der Waals surface area contributed by atoms with Crippen molar-refractivity contribution < 1.29 is 13.9 Å². The molecule has 0 N–H and O–H groups in total. The van der Waals surface area contributed by atoms with Gasteiger partial charge in [0.2, 0.25) is 0 Å². The highest BCUT2D eigenvalue weighted by atomic mass is 19.1. The first-order valence-electron chi connectivity index (χ1n) is 14.2. The lowest BCUT2D eigenvalue weighted by Gasteiger charge is -2.29. The number of nitrogens with zero attached hydrogens (tertiary/aromatic N) is 1. The first kappa shape index (κ1) is 27.8. The zero-order chi connectivity index (χ0) is 24.7. The van der Waals surface area contributed by atoms with Crippen molar-refractivity contribution in [2.24, 2.45) is 5.92 Å². The van der Waals surface area contributed by atoms with Crippen molar-refractivity contribution in [3.8, 4) is 11.3 Å². The van der Waals surface area contributed by atoms with Crippen LogP contribution >= 0.6 is 0 Å². The quantitative estimate of drug-likeness (QED) is 0.223. The van der Waals surface area contributed by atoms with E-state index in [0.29, 0.717) is 5.92 Å². The van der Waals surface area contributed by atoms with Crippen LogP contribution in [0.4, 0.5) is 4.39 Å². The standard InChI is InChI=1S/C31H46FNO2/c1-3-5-7-9-11-13-15-25-23-34-31(35-24-25)28-19-20-30(33-22-28)27-18-17-26(29(32)21-27)16-14-12-10-8-6-4-2/h17-22,25,31H,3-16,23-24H2,1-2H3/t25-,31-. The van der Waals surface area contributed by atoms with Crippen LogP contribution < -0.4 is 0 Å². The van der Waals surface area contributed by atoms with E-state index in [-0.39, 0.29) is 12.1 Å². The van der Waals surface area contributed by atoms with E-state index in [2.05, 4.69) is 18.8 Å². The molecule has 1 aromatic carbocycles. The highest BCUT2D eigenvalue weighted by molar-refractivity contribution is 5.59. The lowest BCUT2D eigenvalue weighted by molar-refractivity contribution is -0.206. The van der Waals surface area contributed by atoms with Gasteiger partial charge in [0.1, 0.15) is 5.82 Å². The van der Waals surface area contributed by atoms with E-state index < -0.39 is 0 Å². The third kappa shape index (κ3) is 9.65. The third-order valence-electron chi connectivity index (χ3n) is 7.14. The van der Waals surface area contributed by atoms with Crippen LogP contribution in [0.2, 0.25) is 0 Å². The highest BCUT2D eigenvalue weighted by Gasteiger charge is 2.23. The Labute approximate surface area is 212 Å². The Kier molecular flexibility index (Phi) is 12.8. The summed E-state index contributed by atoms with van der Waals surface area (Å²) in [6.45, 7) is 5.97. The molecule has 0 bridgehead atoms. The topological polar surface area (TPSA) is 31.4 Å². The molecule has 1 aromatic heterocycles. The Morgan fingerprint density at radius 1 is 0.800 bits per heavy atom. The van der Waals surface area contributed by atoms with Crippen molar-refractivity contribution in [1.29, 1.82) is 0 Å². The Balaban J connectivity index is 1.41. The number of benzene rings is 1. The van der Waals surface area contributed by atoms with Gasteiger partial charge in [-0.1, -0.05) is 103 Å². The Morgan fingerprint density at radius 2 is 1.46 bits per heavy atom. The van der Waals surface area contributed by atoms with Crippen molar-refractivity contribution in [2.45, 2.75) is 110 Å². The number of hydrogen-bond donors (Lipinski definition) is 0. The number of unbranched alkanes of at least 4 members (excludes halogenated alkanes) is 10. The molecule has 1 aliphatic rings. The molecule has 1 aliphatic heterocycles. The molecule has 0 atom stereocenters. The van der Waals surface area contributed by atoms with Crippen LogP contribution in [-0.4, -0.2) is 18.2 Å². The molecule has 35 heavy (non-hydrogen) atoms. The van der Waals surface area contributed by atoms with Crippen LogP contribution in [0.15, 0.2) is 36.5 Å². The average Bonchev–Trinajstić information content (AvgIpc) is 2.89. The summed E-state index contributed by atoms with van der Waals surface area (Å²) < 4.78 is 26.7. The molecule has 4 heteroatoms. The minimum absolute atomic E-state index is 0.128. The van der Waals surface area contributed by atoms with Gasteiger partial charge >= 0.3 is 0 Å². The van der Waals surface area contributed by atoms with Crippen molar-refractivity contribution in [1.82, 2.24) is 4.98 Å². The van der Waals surface area contributed by atoms with Gasteiger partial charge in [0.05, 0.1) is 18.9 Å². The minimum atomic E-state index is -0.353.